The Morgan fingerprint density at radius 3 is 2.56 bits per heavy atom. The van der Waals surface area contributed by atoms with Crippen molar-refractivity contribution in [3.8, 4) is 0 Å². The molecule has 1 aliphatic rings. The van der Waals surface area contributed by atoms with E-state index in [1.165, 1.54) is 16.9 Å². The molecule has 6 heteroatoms. The zero-order valence-corrected chi connectivity index (χ0v) is 15.6. The highest BCUT2D eigenvalue weighted by Gasteiger charge is 2.24. The summed E-state index contributed by atoms with van der Waals surface area (Å²) < 4.78 is 27.4. The molecule has 0 radical (unpaired) electrons. The van der Waals surface area contributed by atoms with E-state index in [1.54, 1.807) is 18.2 Å². The first-order chi connectivity index (χ1) is 12.0. The molecule has 5 nitrogen and oxygen atoms in total. The highest BCUT2D eigenvalue weighted by molar-refractivity contribution is 7.92. The highest BCUT2D eigenvalue weighted by atomic mass is 32.2. The standard InChI is InChI=1S/C19H25N3O2S/c1-3-22(17-9-5-4-6-10-17)25(23,24)18-11-12-19(20-14-18)21-13-7-8-16(2)15-21/h4-6,9-12,14,16H,3,7-8,13,15H2,1-2H3/t16-/m1/s1. The smallest absolute Gasteiger partial charge is 0.265 e. The third-order valence-corrected chi connectivity index (χ3v) is 6.51. The van der Waals surface area contributed by atoms with Crippen molar-refractivity contribution in [2.24, 2.45) is 5.92 Å². The predicted octanol–water partition coefficient (Wildman–Crippen LogP) is 3.53. The van der Waals surface area contributed by atoms with Crippen molar-refractivity contribution in [3.63, 3.8) is 0 Å². The van der Waals surface area contributed by atoms with E-state index in [2.05, 4.69) is 16.8 Å². The van der Waals surface area contributed by atoms with Gasteiger partial charge in [-0.1, -0.05) is 25.1 Å². The maximum Gasteiger partial charge on any atom is 0.265 e. The maximum absolute atomic E-state index is 13.0. The number of piperidine rings is 1. The Hall–Kier alpha value is -2.08. The molecule has 0 aliphatic carbocycles. The highest BCUT2D eigenvalue weighted by Crippen LogP contribution is 2.25. The number of para-hydroxylation sites is 1. The van der Waals surface area contributed by atoms with Gasteiger partial charge in [-0.2, -0.15) is 0 Å². The molecule has 1 saturated heterocycles. The number of nitrogens with zero attached hydrogens (tertiary/aromatic N) is 3. The van der Waals surface area contributed by atoms with Crippen LogP contribution >= 0.6 is 0 Å². The SMILES string of the molecule is CCN(c1ccccc1)S(=O)(=O)c1ccc(N2CCC[C@@H](C)C2)nc1. The molecule has 134 valence electrons. The summed E-state index contributed by atoms with van der Waals surface area (Å²) in [6.07, 6.45) is 3.88. The Morgan fingerprint density at radius 1 is 1.20 bits per heavy atom. The molecule has 0 unspecified atom stereocenters. The second-order valence-corrected chi connectivity index (χ2v) is 8.41. The van der Waals surface area contributed by atoms with Crippen molar-refractivity contribution in [1.82, 2.24) is 4.98 Å². The minimum Gasteiger partial charge on any atom is -0.356 e. The lowest BCUT2D eigenvalue weighted by molar-refractivity contribution is 0.444. The Kier molecular flexibility index (Phi) is 5.27. The molecule has 1 aliphatic heterocycles. The van der Waals surface area contributed by atoms with Gasteiger partial charge in [0.15, 0.2) is 0 Å². The number of rotatable bonds is 5. The van der Waals surface area contributed by atoms with Crippen LogP contribution in [-0.2, 0) is 10.0 Å². The molecule has 1 aromatic heterocycles. The quantitative estimate of drug-likeness (QED) is 0.819. The Balaban J connectivity index is 1.85. The number of benzene rings is 1. The number of aromatic nitrogens is 1. The van der Waals surface area contributed by atoms with Gasteiger partial charge >= 0.3 is 0 Å². The van der Waals surface area contributed by atoms with Crippen LogP contribution in [0.2, 0.25) is 0 Å². The number of hydrogen-bond donors (Lipinski definition) is 0. The van der Waals surface area contributed by atoms with E-state index >= 15 is 0 Å². The van der Waals surface area contributed by atoms with Crippen LogP contribution in [0.25, 0.3) is 0 Å². The van der Waals surface area contributed by atoms with Crippen LogP contribution in [0.1, 0.15) is 26.7 Å². The number of sulfonamides is 1. The van der Waals surface area contributed by atoms with Gasteiger partial charge in [0.25, 0.3) is 10.0 Å². The third-order valence-electron chi connectivity index (χ3n) is 4.62. The largest absolute Gasteiger partial charge is 0.356 e. The normalized spacial score (nSPS) is 18.2. The fourth-order valence-electron chi connectivity index (χ4n) is 3.32. The van der Waals surface area contributed by atoms with Gasteiger partial charge < -0.3 is 4.90 Å². The van der Waals surface area contributed by atoms with E-state index in [0.29, 0.717) is 18.2 Å². The molecule has 3 rings (SSSR count). The minimum atomic E-state index is -3.61. The summed E-state index contributed by atoms with van der Waals surface area (Å²) in [4.78, 5) is 6.90. The lowest BCUT2D eigenvalue weighted by atomic mass is 10.0. The topological polar surface area (TPSA) is 53.5 Å². The van der Waals surface area contributed by atoms with Gasteiger partial charge in [0.05, 0.1) is 5.69 Å². The van der Waals surface area contributed by atoms with Crippen molar-refractivity contribution in [1.29, 1.82) is 0 Å². The van der Waals surface area contributed by atoms with Gasteiger partial charge in [0.2, 0.25) is 0 Å². The summed E-state index contributed by atoms with van der Waals surface area (Å²) in [6, 6.07) is 12.7. The van der Waals surface area contributed by atoms with Gasteiger partial charge in [0, 0.05) is 25.8 Å². The van der Waals surface area contributed by atoms with Crippen LogP contribution in [0, 0.1) is 5.92 Å². The van der Waals surface area contributed by atoms with Crippen molar-refractivity contribution in [2.45, 2.75) is 31.6 Å². The first kappa shape index (κ1) is 17.7. The minimum absolute atomic E-state index is 0.229. The average molecular weight is 359 g/mol. The van der Waals surface area contributed by atoms with E-state index in [9.17, 15) is 8.42 Å². The molecule has 2 aromatic rings. The molecule has 0 spiro atoms. The molecule has 25 heavy (non-hydrogen) atoms. The van der Waals surface area contributed by atoms with Crippen LogP contribution in [0.5, 0.6) is 0 Å². The van der Waals surface area contributed by atoms with Crippen molar-refractivity contribution in [2.75, 3.05) is 28.8 Å². The molecule has 2 heterocycles. The van der Waals surface area contributed by atoms with Gasteiger partial charge in [-0.05, 0) is 49.9 Å². The maximum atomic E-state index is 13.0. The molecule has 1 aromatic carbocycles. The van der Waals surface area contributed by atoms with E-state index in [-0.39, 0.29) is 4.90 Å². The van der Waals surface area contributed by atoms with Crippen LogP contribution < -0.4 is 9.21 Å². The second-order valence-electron chi connectivity index (χ2n) is 6.55. The van der Waals surface area contributed by atoms with E-state index in [1.807, 2.05) is 31.2 Å². The number of pyridine rings is 1. The van der Waals surface area contributed by atoms with Gasteiger partial charge in [-0.3, -0.25) is 4.31 Å². The average Bonchev–Trinajstić information content (AvgIpc) is 2.63. The fourth-order valence-corrected chi connectivity index (χ4v) is 4.74. The van der Waals surface area contributed by atoms with E-state index in [0.717, 1.165) is 25.3 Å². The Morgan fingerprint density at radius 2 is 1.96 bits per heavy atom. The van der Waals surface area contributed by atoms with Crippen LogP contribution in [0.15, 0.2) is 53.6 Å². The third kappa shape index (κ3) is 3.79. The summed E-state index contributed by atoms with van der Waals surface area (Å²) in [5.41, 5.74) is 0.666. The zero-order valence-electron chi connectivity index (χ0n) is 14.8. The molecule has 0 saturated carbocycles. The monoisotopic (exact) mass is 359 g/mol. The summed E-state index contributed by atoms with van der Waals surface area (Å²) in [7, 11) is -3.61. The molecular formula is C19H25N3O2S. The van der Waals surface area contributed by atoms with Gasteiger partial charge in [-0.15, -0.1) is 0 Å². The van der Waals surface area contributed by atoms with Crippen molar-refractivity contribution >= 4 is 21.5 Å². The van der Waals surface area contributed by atoms with Crippen LogP contribution in [0.3, 0.4) is 0 Å². The van der Waals surface area contributed by atoms with Gasteiger partial charge in [-0.25, -0.2) is 13.4 Å². The Bertz CT molecular complexity index is 791. The summed E-state index contributed by atoms with van der Waals surface area (Å²) in [5.74, 6) is 1.50. The second kappa shape index (κ2) is 7.44. The molecule has 1 fully saturated rings. The van der Waals surface area contributed by atoms with E-state index in [4.69, 9.17) is 0 Å². The Labute approximate surface area is 150 Å². The summed E-state index contributed by atoms with van der Waals surface area (Å²) >= 11 is 0. The summed E-state index contributed by atoms with van der Waals surface area (Å²) in [5, 5.41) is 0. The van der Waals surface area contributed by atoms with Crippen molar-refractivity contribution in [3.05, 3.63) is 48.7 Å². The molecular weight excluding hydrogens is 334 g/mol. The van der Waals surface area contributed by atoms with Crippen LogP contribution in [0.4, 0.5) is 11.5 Å². The lowest BCUT2D eigenvalue weighted by Crippen LogP contribution is -2.35. The first-order valence-corrected chi connectivity index (χ1v) is 10.2. The summed E-state index contributed by atoms with van der Waals surface area (Å²) in [6.45, 7) is 6.40. The fraction of sp³-hybridized carbons (Fsp3) is 0.421. The van der Waals surface area contributed by atoms with Gasteiger partial charge in [0.1, 0.15) is 10.7 Å². The van der Waals surface area contributed by atoms with Crippen molar-refractivity contribution < 1.29 is 8.42 Å². The zero-order chi connectivity index (χ0) is 17.9. The lowest BCUT2D eigenvalue weighted by Gasteiger charge is -2.32. The number of anilines is 2. The predicted molar refractivity (Wildman–Crippen MR) is 101 cm³/mol. The van der Waals surface area contributed by atoms with Crippen LogP contribution in [-0.4, -0.2) is 33.0 Å². The molecule has 0 bridgehead atoms. The van der Waals surface area contributed by atoms with E-state index < -0.39 is 10.0 Å². The first-order valence-electron chi connectivity index (χ1n) is 8.81. The number of hydrogen-bond acceptors (Lipinski definition) is 4. The molecule has 0 amide bonds. The molecule has 0 N–H and O–H groups in total. The molecule has 1 atom stereocenters.